The number of pyridine rings is 1. The number of hydrogen-bond donors (Lipinski definition) is 2. The lowest BCUT2D eigenvalue weighted by molar-refractivity contribution is 0.316. The highest BCUT2D eigenvalue weighted by molar-refractivity contribution is 7.80. The molecule has 1 fully saturated rings. The summed E-state index contributed by atoms with van der Waals surface area (Å²) in [4.78, 5) is 6.94. The van der Waals surface area contributed by atoms with Crippen molar-refractivity contribution in [2.24, 2.45) is 0 Å². The average Bonchev–Trinajstić information content (AvgIpc) is 3.37. The van der Waals surface area contributed by atoms with Crippen LogP contribution in [0.2, 0.25) is 0 Å². The Labute approximate surface area is 184 Å². The van der Waals surface area contributed by atoms with Gasteiger partial charge in [-0.25, -0.2) is 0 Å². The Morgan fingerprint density at radius 3 is 2.60 bits per heavy atom. The summed E-state index contributed by atoms with van der Waals surface area (Å²) >= 11 is 5.76. The normalized spacial score (nSPS) is 18.6. The van der Waals surface area contributed by atoms with Crippen LogP contribution in [0, 0.1) is 0 Å². The third-order valence-electron chi connectivity index (χ3n) is 5.55. The zero-order chi connectivity index (χ0) is 20.9. The van der Waals surface area contributed by atoms with E-state index in [0.29, 0.717) is 6.04 Å². The first-order valence-corrected chi connectivity index (χ1v) is 11.0. The van der Waals surface area contributed by atoms with Crippen LogP contribution in [-0.2, 0) is 0 Å². The van der Waals surface area contributed by atoms with Crippen molar-refractivity contribution in [3.63, 3.8) is 0 Å². The maximum atomic E-state index is 5.76. The van der Waals surface area contributed by atoms with Crippen molar-refractivity contribution in [1.29, 1.82) is 0 Å². The van der Waals surface area contributed by atoms with E-state index in [0.717, 1.165) is 36.0 Å². The molecule has 0 bridgehead atoms. The Morgan fingerprint density at radius 2 is 1.90 bits per heavy atom. The summed E-state index contributed by atoms with van der Waals surface area (Å²) in [5.41, 5.74) is 3.44. The molecule has 3 heterocycles. The van der Waals surface area contributed by atoms with E-state index in [1.807, 2.05) is 24.4 Å². The molecule has 6 heteroatoms. The standard InChI is InChI=1S/C24H29N5S/c1-18(2)28-16-12-19(17-28)23-22(21-11-6-7-13-26-21)27-24(30)29(23)15-8-14-25-20-9-4-3-5-10-20/h3-7,9-13,16-18,22-23,25H,8,14-15H2,1-2H3,(H,27,30)/t22-,23-/m1/s1. The Bertz CT molecular complexity index is 954. The van der Waals surface area contributed by atoms with Crippen molar-refractivity contribution >= 4 is 23.0 Å². The molecule has 0 aliphatic carbocycles. The molecule has 0 radical (unpaired) electrons. The highest BCUT2D eigenvalue weighted by Gasteiger charge is 2.39. The minimum Gasteiger partial charge on any atom is -0.385 e. The Hall–Kier alpha value is -2.86. The van der Waals surface area contributed by atoms with E-state index in [9.17, 15) is 0 Å². The van der Waals surface area contributed by atoms with Crippen LogP contribution in [0.3, 0.4) is 0 Å². The number of nitrogens with one attached hydrogen (secondary N) is 2. The summed E-state index contributed by atoms with van der Waals surface area (Å²) in [5.74, 6) is 0. The largest absolute Gasteiger partial charge is 0.385 e. The second-order valence-corrected chi connectivity index (χ2v) is 8.34. The molecule has 1 aliphatic heterocycles. The van der Waals surface area contributed by atoms with E-state index in [4.69, 9.17) is 12.2 Å². The Morgan fingerprint density at radius 1 is 1.10 bits per heavy atom. The van der Waals surface area contributed by atoms with Gasteiger partial charge in [-0.1, -0.05) is 24.3 Å². The van der Waals surface area contributed by atoms with Crippen molar-refractivity contribution < 1.29 is 0 Å². The summed E-state index contributed by atoms with van der Waals surface area (Å²) in [5, 5.41) is 7.82. The monoisotopic (exact) mass is 419 g/mol. The van der Waals surface area contributed by atoms with Crippen LogP contribution in [0.15, 0.2) is 73.2 Å². The van der Waals surface area contributed by atoms with Gasteiger partial charge in [0, 0.05) is 43.4 Å². The van der Waals surface area contributed by atoms with Gasteiger partial charge < -0.3 is 20.1 Å². The molecule has 156 valence electrons. The quantitative estimate of drug-likeness (QED) is 0.400. The van der Waals surface area contributed by atoms with Crippen LogP contribution < -0.4 is 10.6 Å². The fraction of sp³-hybridized carbons (Fsp3) is 0.333. The summed E-state index contributed by atoms with van der Waals surface area (Å²) in [7, 11) is 0. The Kier molecular flexibility index (Phi) is 6.33. The maximum absolute atomic E-state index is 5.76. The molecule has 3 aromatic rings. The SMILES string of the molecule is CC(C)n1ccc([C@@H]2[C@@H](c3ccccn3)NC(=S)N2CCCNc2ccccc2)c1. The minimum absolute atomic E-state index is 0.0452. The fourth-order valence-corrected chi connectivity index (χ4v) is 4.31. The minimum atomic E-state index is 0.0452. The van der Waals surface area contributed by atoms with Gasteiger partial charge in [0.1, 0.15) is 0 Å². The lowest BCUT2D eigenvalue weighted by Gasteiger charge is -2.27. The molecule has 1 aromatic carbocycles. The van der Waals surface area contributed by atoms with Gasteiger partial charge in [0.05, 0.1) is 17.8 Å². The van der Waals surface area contributed by atoms with Crippen LogP contribution in [0.1, 0.15) is 49.7 Å². The van der Waals surface area contributed by atoms with Crippen molar-refractivity contribution in [3.8, 4) is 0 Å². The second kappa shape index (κ2) is 9.30. The fourth-order valence-electron chi connectivity index (χ4n) is 3.97. The van der Waals surface area contributed by atoms with Gasteiger partial charge in [-0.05, 0) is 68.4 Å². The maximum Gasteiger partial charge on any atom is 0.170 e. The molecule has 1 aliphatic rings. The molecule has 4 rings (SSSR count). The molecular formula is C24H29N5S. The predicted molar refractivity (Wildman–Crippen MR) is 127 cm³/mol. The van der Waals surface area contributed by atoms with Crippen LogP contribution in [0.25, 0.3) is 0 Å². The summed E-state index contributed by atoms with van der Waals surface area (Å²) < 4.78 is 2.25. The van der Waals surface area contributed by atoms with Crippen molar-refractivity contribution in [2.45, 2.75) is 38.4 Å². The van der Waals surface area contributed by atoms with Crippen LogP contribution in [0.5, 0.6) is 0 Å². The lowest BCUT2D eigenvalue weighted by atomic mass is 9.99. The molecule has 0 spiro atoms. The van der Waals surface area contributed by atoms with E-state index in [2.05, 4.69) is 87.7 Å². The molecule has 0 amide bonds. The van der Waals surface area contributed by atoms with Gasteiger partial charge in [-0.15, -0.1) is 0 Å². The summed E-state index contributed by atoms with van der Waals surface area (Å²) in [6.45, 7) is 6.18. The van der Waals surface area contributed by atoms with Gasteiger partial charge >= 0.3 is 0 Å². The first-order valence-electron chi connectivity index (χ1n) is 10.6. The van der Waals surface area contributed by atoms with Crippen molar-refractivity contribution in [2.75, 3.05) is 18.4 Å². The lowest BCUT2D eigenvalue weighted by Crippen LogP contribution is -2.31. The van der Waals surface area contributed by atoms with Crippen LogP contribution in [-0.4, -0.2) is 32.7 Å². The molecule has 1 saturated heterocycles. The number of thiocarbonyl (C=S) groups is 1. The number of rotatable bonds is 8. The van der Waals surface area contributed by atoms with E-state index in [1.54, 1.807) is 0 Å². The zero-order valence-corrected chi connectivity index (χ0v) is 18.3. The number of nitrogens with zero attached hydrogens (tertiary/aromatic N) is 3. The van der Waals surface area contributed by atoms with E-state index < -0.39 is 0 Å². The van der Waals surface area contributed by atoms with E-state index >= 15 is 0 Å². The van der Waals surface area contributed by atoms with E-state index in [1.165, 1.54) is 5.56 Å². The molecule has 0 saturated carbocycles. The predicted octanol–water partition coefficient (Wildman–Crippen LogP) is 4.94. The van der Waals surface area contributed by atoms with Crippen LogP contribution >= 0.6 is 12.2 Å². The smallest absolute Gasteiger partial charge is 0.170 e. The van der Waals surface area contributed by atoms with Gasteiger partial charge in [-0.3, -0.25) is 4.98 Å². The summed E-state index contributed by atoms with van der Waals surface area (Å²) in [6.07, 6.45) is 7.25. The number of para-hydroxylation sites is 1. The van der Waals surface area contributed by atoms with Gasteiger partial charge in [0.2, 0.25) is 0 Å². The highest BCUT2D eigenvalue weighted by atomic mass is 32.1. The number of hydrogen-bond acceptors (Lipinski definition) is 3. The number of benzene rings is 1. The highest BCUT2D eigenvalue weighted by Crippen LogP contribution is 2.38. The second-order valence-electron chi connectivity index (χ2n) is 7.95. The van der Waals surface area contributed by atoms with Gasteiger partial charge in [0.25, 0.3) is 0 Å². The van der Waals surface area contributed by atoms with Crippen molar-refractivity contribution in [3.05, 3.63) is 84.4 Å². The van der Waals surface area contributed by atoms with Crippen LogP contribution in [0.4, 0.5) is 5.69 Å². The average molecular weight is 420 g/mol. The molecule has 2 aromatic heterocycles. The zero-order valence-electron chi connectivity index (χ0n) is 17.5. The third-order valence-corrected chi connectivity index (χ3v) is 5.90. The van der Waals surface area contributed by atoms with Gasteiger partial charge in [-0.2, -0.15) is 0 Å². The molecule has 2 atom stereocenters. The molecule has 5 nitrogen and oxygen atoms in total. The number of aromatic nitrogens is 2. The summed E-state index contributed by atoms with van der Waals surface area (Å²) in [6, 6.07) is 19.2. The molecular weight excluding hydrogens is 390 g/mol. The third kappa shape index (κ3) is 4.49. The number of anilines is 1. The topological polar surface area (TPSA) is 45.1 Å². The van der Waals surface area contributed by atoms with E-state index in [-0.39, 0.29) is 12.1 Å². The molecule has 0 unspecified atom stereocenters. The van der Waals surface area contributed by atoms with Gasteiger partial charge in [0.15, 0.2) is 5.11 Å². The first-order chi connectivity index (χ1) is 14.6. The molecule has 30 heavy (non-hydrogen) atoms. The molecule has 2 N–H and O–H groups in total. The first kappa shape index (κ1) is 20.4. The Balaban J connectivity index is 1.51. The van der Waals surface area contributed by atoms with Crippen molar-refractivity contribution in [1.82, 2.24) is 19.8 Å².